The highest BCUT2D eigenvalue weighted by Gasteiger charge is 2.16. The van der Waals surface area contributed by atoms with Crippen molar-refractivity contribution >= 4 is 50.6 Å². The highest BCUT2D eigenvalue weighted by Crippen LogP contribution is 2.37. The fourth-order valence-electron chi connectivity index (χ4n) is 2.81. The number of thiophene rings is 1. The quantitative estimate of drug-likeness (QED) is 0.471. The van der Waals surface area contributed by atoms with E-state index in [9.17, 15) is 9.90 Å². The van der Waals surface area contributed by atoms with Gasteiger partial charge in [0.05, 0.1) is 16.5 Å². The summed E-state index contributed by atoms with van der Waals surface area (Å²) in [5.41, 5.74) is 7.53. The molecule has 0 radical (unpaired) electrons. The second kappa shape index (κ2) is 6.61. The zero-order valence-corrected chi connectivity index (χ0v) is 15.8. The number of amides is 1. The Morgan fingerprint density at radius 2 is 2.00 bits per heavy atom. The molecule has 0 saturated carbocycles. The van der Waals surface area contributed by atoms with Gasteiger partial charge in [-0.05, 0) is 35.9 Å². The lowest BCUT2D eigenvalue weighted by atomic mass is 10.1. The Labute approximate surface area is 163 Å². The van der Waals surface area contributed by atoms with Crippen molar-refractivity contribution in [2.24, 2.45) is 12.8 Å². The second-order valence-electron chi connectivity index (χ2n) is 6.04. The molecule has 4 aromatic rings. The Hall–Kier alpha value is -3.03. The molecule has 1 aromatic carbocycles. The summed E-state index contributed by atoms with van der Waals surface area (Å²) in [7, 11) is 1.74. The number of rotatable bonds is 4. The van der Waals surface area contributed by atoms with Crippen molar-refractivity contribution in [2.75, 3.05) is 5.32 Å². The molecule has 8 heteroatoms. The van der Waals surface area contributed by atoms with Crippen LogP contribution in [0.2, 0.25) is 5.02 Å². The van der Waals surface area contributed by atoms with E-state index >= 15 is 0 Å². The van der Waals surface area contributed by atoms with Crippen LogP contribution in [0.5, 0.6) is 5.88 Å². The highest BCUT2D eigenvalue weighted by molar-refractivity contribution is 7.19. The average Bonchev–Trinajstić information content (AvgIpc) is 3.17. The molecule has 0 unspecified atom stereocenters. The van der Waals surface area contributed by atoms with Gasteiger partial charge in [-0.3, -0.25) is 4.79 Å². The number of anilines is 2. The van der Waals surface area contributed by atoms with Crippen molar-refractivity contribution in [3.05, 3.63) is 59.2 Å². The number of nitrogens with two attached hydrogens (primary N) is 1. The first-order valence-corrected chi connectivity index (χ1v) is 9.23. The van der Waals surface area contributed by atoms with Gasteiger partial charge < -0.3 is 20.7 Å². The number of benzene rings is 1. The van der Waals surface area contributed by atoms with E-state index in [1.807, 2.05) is 12.1 Å². The molecule has 4 N–H and O–H groups in total. The fraction of sp³-hybridized carbons (Fsp3) is 0.0526. The lowest BCUT2D eigenvalue weighted by Crippen LogP contribution is -2.11. The number of nitrogens with one attached hydrogen (secondary N) is 1. The minimum absolute atomic E-state index is 0.156. The first-order chi connectivity index (χ1) is 12.9. The van der Waals surface area contributed by atoms with E-state index in [4.69, 9.17) is 17.3 Å². The molecule has 0 aliphatic carbocycles. The molecular weight excluding hydrogens is 384 g/mol. The number of aromatic nitrogens is 2. The molecule has 136 valence electrons. The molecule has 0 atom stereocenters. The van der Waals surface area contributed by atoms with Gasteiger partial charge in [0.15, 0.2) is 5.88 Å². The summed E-state index contributed by atoms with van der Waals surface area (Å²) >= 11 is 7.35. The van der Waals surface area contributed by atoms with E-state index in [0.717, 1.165) is 10.4 Å². The maximum Gasteiger partial charge on any atom is 0.251 e. The van der Waals surface area contributed by atoms with E-state index in [0.29, 0.717) is 32.3 Å². The number of pyridine rings is 1. The Morgan fingerprint density at radius 3 is 2.70 bits per heavy atom. The highest BCUT2D eigenvalue weighted by atomic mass is 35.5. The van der Waals surface area contributed by atoms with Crippen molar-refractivity contribution in [2.45, 2.75) is 0 Å². The lowest BCUT2D eigenvalue weighted by Gasteiger charge is -2.04. The number of aryl methyl sites for hydroxylation is 1. The summed E-state index contributed by atoms with van der Waals surface area (Å²) in [6.07, 6.45) is 1.73. The third-order valence-electron chi connectivity index (χ3n) is 4.18. The van der Waals surface area contributed by atoms with Gasteiger partial charge in [0.1, 0.15) is 10.8 Å². The molecule has 0 spiro atoms. The van der Waals surface area contributed by atoms with Gasteiger partial charge in [0, 0.05) is 23.1 Å². The maximum absolute atomic E-state index is 11.9. The van der Waals surface area contributed by atoms with Crippen LogP contribution in [0.3, 0.4) is 0 Å². The summed E-state index contributed by atoms with van der Waals surface area (Å²) in [6, 6.07) is 12.6. The molecule has 3 heterocycles. The molecule has 1 amide bonds. The molecule has 0 aliphatic heterocycles. The lowest BCUT2D eigenvalue weighted by molar-refractivity contribution is 0.100. The largest absolute Gasteiger partial charge is 0.494 e. The van der Waals surface area contributed by atoms with Crippen molar-refractivity contribution in [3.63, 3.8) is 0 Å². The molecule has 6 nitrogen and oxygen atoms in total. The predicted octanol–water partition coefficient (Wildman–Crippen LogP) is 4.50. The minimum Gasteiger partial charge on any atom is -0.494 e. The molecule has 0 aliphatic rings. The third-order valence-corrected chi connectivity index (χ3v) is 5.54. The van der Waals surface area contributed by atoms with E-state index in [1.54, 1.807) is 48.1 Å². The summed E-state index contributed by atoms with van der Waals surface area (Å²) in [6.45, 7) is 0. The van der Waals surface area contributed by atoms with Gasteiger partial charge in [-0.15, -0.1) is 11.3 Å². The van der Waals surface area contributed by atoms with Gasteiger partial charge in [0.2, 0.25) is 0 Å². The second-order valence-corrected chi connectivity index (χ2v) is 7.53. The van der Waals surface area contributed by atoms with E-state index in [1.165, 1.54) is 11.3 Å². The number of primary amides is 1. The topological polar surface area (TPSA) is 93.2 Å². The SMILES string of the molecule is Cn1cc2nc(Nc3sc(-c4ccc(Cl)cc4)cc3C(N)=O)ccc2c1O. The number of carbonyl (C=O) groups excluding carboxylic acids is 1. The summed E-state index contributed by atoms with van der Waals surface area (Å²) in [4.78, 5) is 17.3. The van der Waals surface area contributed by atoms with Gasteiger partial charge in [-0.25, -0.2) is 4.98 Å². The zero-order valence-electron chi connectivity index (χ0n) is 14.2. The molecular formula is C19H15ClN4O2S. The predicted molar refractivity (Wildman–Crippen MR) is 109 cm³/mol. The van der Waals surface area contributed by atoms with Gasteiger partial charge in [-0.1, -0.05) is 23.7 Å². The Balaban J connectivity index is 1.72. The van der Waals surface area contributed by atoms with Crippen molar-refractivity contribution in [3.8, 4) is 16.3 Å². The van der Waals surface area contributed by atoms with E-state index < -0.39 is 5.91 Å². The number of hydrogen-bond donors (Lipinski definition) is 3. The van der Waals surface area contributed by atoms with Crippen LogP contribution in [-0.4, -0.2) is 20.6 Å². The number of fused-ring (bicyclic) bond motifs is 1. The number of hydrogen-bond acceptors (Lipinski definition) is 5. The van der Waals surface area contributed by atoms with Crippen LogP contribution in [0, 0.1) is 0 Å². The Bertz CT molecular complexity index is 1160. The molecule has 0 bridgehead atoms. The molecule has 0 fully saturated rings. The van der Waals surface area contributed by atoms with Crippen LogP contribution in [0.25, 0.3) is 21.3 Å². The zero-order chi connectivity index (χ0) is 19.1. The minimum atomic E-state index is -0.521. The monoisotopic (exact) mass is 398 g/mol. The molecule has 4 rings (SSSR count). The first-order valence-electron chi connectivity index (χ1n) is 8.04. The average molecular weight is 399 g/mol. The summed E-state index contributed by atoms with van der Waals surface area (Å²) < 4.78 is 1.60. The van der Waals surface area contributed by atoms with Crippen molar-refractivity contribution in [1.82, 2.24) is 9.55 Å². The van der Waals surface area contributed by atoms with Crippen molar-refractivity contribution in [1.29, 1.82) is 0 Å². The number of carbonyl (C=O) groups is 1. The maximum atomic E-state index is 11.9. The van der Waals surface area contributed by atoms with E-state index in [-0.39, 0.29) is 5.88 Å². The Kier molecular flexibility index (Phi) is 4.25. The smallest absolute Gasteiger partial charge is 0.251 e. The molecule has 0 saturated heterocycles. The number of aromatic hydroxyl groups is 1. The van der Waals surface area contributed by atoms with Crippen LogP contribution >= 0.6 is 22.9 Å². The summed E-state index contributed by atoms with van der Waals surface area (Å²) in [5.74, 6) is 0.190. The number of nitrogens with zero attached hydrogens (tertiary/aromatic N) is 2. The third kappa shape index (κ3) is 3.22. The molecule has 3 aromatic heterocycles. The van der Waals surface area contributed by atoms with Crippen molar-refractivity contribution < 1.29 is 9.90 Å². The number of halogens is 1. The Morgan fingerprint density at radius 1 is 1.26 bits per heavy atom. The van der Waals surface area contributed by atoms with Gasteiger partial charge in [-0.2, -0.15) is 0 Å². The van der Waals surface area contributed by atoms with E-state index in [2.05, 4.69) is 10.3 Å². The summed E-state index contributed by atoms with van der Waals surface area (Å²) in [5, 5.41) is 15.1. The standard InChI is InChI=1S/C19H15ClN4O2S/c1-24-9-14-12(19(24)26)6-7-16(22-14)23-18-13(17(21)25)8-15(27-18)10-2-4-11(20)5-3-10/h2-9,26H,1H3,(H2,21,25)(H,22,23). The van der Waals surface area contributed by atoms with Crippen LogP contribution in [0.4, 0.5) is 10.8 Å². The molecule has 27 heavy (non-hydrogen) atoms. The van der Waals surface area contributed by atoms with Crippen LogP contribution in [-0.2, 0) is 7.05 Å². The van der Waals surface area contributed by atoms with Crippen LogP contribution < -0.4 is 11.1 Å². The normalized spacial score (nSPS) is 11.0. The fourth-order valence-corrected chi connectivity index (χ4v) is 4.01. The first kappa shape index (κ1) is 17.4. The van der Waals surface area contributed by atoms with Crippen LogP contribution in [0.15, 0.2) is 48.7 Å². The van der Waals surface area contributed by atoms with Gasteiger partial charge in [0.25, 0.3) is 5.91 Å². The van der Waals surface area contributed by atoms with Gasteiger partial charge >= 0.3 is 0 Å². The van der Waals surface area contributed by atoms with Crippen LogP contribution in [0.1, 0.15) is 10.4 Å².